The molecule has 0 aromatic heterocycles. The molecule has 1 aliphatic rings. The molecule has 20 heavy (non-hydrogen) atoms. The lowest BCUT2D eigenvalue weighted by molar-refractivity contribution is -0.137. The van der Waals surface area contributed by atoms with Crippen LogP contribution in [0.3, 0.4) is 0 Å². The Kier molecular flexibility index (Phi) is 4.59. The van der Waals surface area contributed by atoms with Gasteiger partial charge < -0.3 is 5.11 Å². The average Bonchev–Trinajstić information content (AvgIpc) is 3.09. The Hall–Kier alpha value is -0.820. The van der Waals surface area contributed by atoms with Gasteiger partial charge in [-0.2, -0.15) is 0 Å². The van der Waals surface area contributed by atoms with Crippen LogP contribution in [0.4, 0.5) is 0 Å². The molecule has 0 aliphatic heterocycles. The van der Waals surface area contributed by atoms with Crippen molar-refractivity contribution in [2.24, 2.45) is 5.92 Å². The Morgan fingerprint density at radius 3 is 2.30 bits per heavy atom. The fraction of sp³-hybridized carbons (Fsp3) is 0.417. The molecule has 0 bridgehead atoms. The molecule has 2 N–H and O–H groups in total. The summed E-state index contributed by atoms with van der Waals surface area (Å²) in [5, 5.41) is 9.25. The number of carboxylic acid groups (broad SMARTS) is 1. The maximum absolute atomic E-state index is 12.2. The van der Waals surface area contributed by atoms with Gasteiger partial charge in [0.1, 0.15) is 0 Å². The van der Waals surface area contributed by atoms with E-state index in [2.05, 4.69) is 4.72 Å². The van der Waals surface area contributed by atoms with Gasteiger partial charge >= 0.3 is 5.97 Å². The van der Waals surface area contributed by atoms with E-state index in [0.717, 1.165) is 12.8 Å². The molecule has 5 nitrogen and oxygen atoms in total. The number of rotatable bonds is 6. The van der Waals surface area contributed by atoms with Crippen LogP contribution < -0.4 is 4.72 Å². The normalized spacial score (nSPS) is 16.9. The topological polar surface area (TPSA) is 83.5 Å². The van der Waals surface area contributed by atoms with Gasteiger partial charge in [0.2, 0.25) is 10.0 Å². The Balaban J connectivity index is 2.22. The Morgan fingerprint density at radius 1 is 1.30 bits per heavy atom. The highest BCUT2D eigenvalue weighted by atomic mass is 35.5. The summed E-state index contributed by atoms with van der Waals surface area (Å²) >= 11 is 11.6. The van der Waals surface area contributed by atoms with E-state index in [1.54, 1.807) is 0 Å². The summed E-state index contributed by atoms with van der Waals surface area (Å²) in [6, 6.07) is 3.38. The summed E-state index contributed by atoms with van der Waals surface area (Å²) in [5.74, 6) is -0.954. The van der Waals surface area contributed by atoms with Crippen LogP contribution in [0.5, 0.6) is 0 Å². The van der Waals surface area contributed by atoms with Crippen LogP contribution >= 0.6 is 23.2 Å². The second kappa shape index (κ2) is 5.89. The molecule has 0 saturated heterocycles. The van der Waals surface area contributed by atoms with E-state index >= 15 is 0 Å². The first-order valence-corrected chi connectivity index (χ1v) is 8.22. The zero-order valence-corrected chi connectivity index (χ0v) is 12.7. The van der Waals surface area contributed by atoms with Crippen LogP contribution in [-0.2, 0) is 14.8 Å². The average molecular weight is 338 g/mol. The maximum Gasteiger partial charge on any atom is 0.304 e. The summed E-state index contributed by atoms with van der Waals surface area (Å²) < 4.78 is 26.9. The van der Waals surface area contributed by atoms with Crippen molar-refractivity contribution >= 4 is 39.2 Å². The zero-order chi connectivity index (χ0) is 14.9. The Labute approximate surface area is 126 Å². The second-order valence-electron chi connectivity index (χ2n) is 4.77. The van der Waals surface area contributed by atoms with E-state index in [9.17, 15) is 13.2 Å². The molecule has 1 saturated carbocycles. The van der Waals surface area contributed by atoms with Gasteiger partial charge in [-0.25, -0.2) is 13.1 Å². The summed E-state index contributed by atoms with van der Waals surface area (Å²) in [4.78, 5) is 10.7. The minimum atomic E-state index is -3.84. The number of carboxylic acids is 1. The molecule has 1 unspecified atom stereocenters. The van der Waals surface area contributed by atoms with Gasteiger partial charge in [0.05, 0.1) is 11.3 Å². The van der Waals surface area contributed by atoms with Gasteiger partial charge in [-0.15, -0.1) is 0 Å². The van der Waals surface area contributed by atoms with E-state index in [1.807, 2.05) is 0 Å². The quantitative estimate of drug-likeness (QED) is 0.835. The molecule has 8 heteroatoms. The van der Waals surface area contributed by atoms with Crippen LogP contribution in [0.25, 0.3) is 0 Å². The zero-order valence-electron chi connectivity index (χ0n) is 10.3. The highest BCUT2D eigenvalue weighted by molar-refractivity contribution is 7.89. The van der Waals surface area contributed by atoms with Crippen LogP contribution in [0, 0.1) is 5.92 Å². The van der Waals surface area contributed by atoms with Crippen LogP contribution in [0.15, 0.2) is 23.1 Å². The largest absolute Gasteiger partial charge is 0.481 e. The van der Waals surface area contributed by atoms with Gasteiger partial charge in [0.15, 0.2) is 0 Å². The molecular formula is C12H13Cl2NO4S. The SMILES string of the molecule is O=C(O)CC(NS(=O)(=O)c1cc(Cl)cc(Cl)c1)C1CC1. The van der Waals surface area contributed by atoms with Crippen molar-refractivity contribution < 1.29 is 18.3 Å². The molecular weight excluding hydrogens is 325 g/mol. The second-order valence-corrected chi connectivity index (χ2v) is 7.36. The lowest BCUT2D eigenvalue weighted by atomic mass is 10.1. The molecule has 110 valence electrons. The van der Waals surface area contributed by atoms with Gasteiger partial charge in [0.25, 0.3) is 0 Å². The minimum absolute atomic E-state index is 0.0639. The highest BCUT2D eigenvalue weighted by Gasteiger charge is 2.35. The number of hydrogen-bond acceptors (Lipinski definition) is 3. The van der Waals surface area contributed by atoms with Gasteiger partial charge in [0, 0.05) is 16.1 Å². The molecule has 0 amide bonds. The lowest BCUT2D eigenvalue weighted by Gasteiger charge is -2.16. The van der Waals surface area contributed by atoms with E-state index in [0.29, 0.717) is 0 Å². The summed E-state index contributed by atoms with van der Waals surface area (Å²) in [7, 11) is -3.84. The number of hydrogen-bond donors (Lipinski definition) is 2. The van der Waals surface area contributed by atoms with Crippen LogP contribution in [-0.4, -0.2) is 25.5 Å². The number of sulfonamides is 1. The van der Waals surface area contributed by atoms with Crippen LogP contribution in [0.1, 0.15) is 19.3 Å². The number of aliphatic carboxylic acids is 1. The first kappa shape index (κ1) is 15.6. The molecule has 1 aromatic rings. The number of halogens is 2. The maximum atomic E-state index is 12.2. The summed E-state index contributed by atoms with van der Waals surface area (Å²) in [6.07, 6.45) is 1.42. The first-order chi connectivity index (χ1) is 9.28. The van der Waals surface area contributed by atoms with Crippen molar-refractivity contribution in [2.45, 2.75) is 30.2 Å². The molecule has 0 radical (unpaired) electrons. The van der Waals surface area contributed by atoms with Gasteiger partial charge in [-0.05, 0) is 37.0 Å². The number of nitrogens with one attached hydrogen (secondary N) is 1. The fourth-order valence-electron chi connectivity index (χ4n) is 1.94. The predicted octanol–water partition coefficient (Wildman–Crippen LogP) is 2.53. The Morgan fingerprint density at radius 2 is 1.85 bits per heavy atom. The van der Waals surface area contributed by atoms with Crippen molar-refractivity contribution in [3.63, 3.8) is 0 Å². The summed E-state index contributed by atoms with van der Waals surface area (Å²) in [6.45, 7) is 0. The third kappa shape index (κ3) is 4.09. The third-order valence-electron chi connectivity index (χ3n) is 3.04. The summed E-state index contributed by atoms with van der Waals surface area (Å²) in [5.41, 5.74) is 0. The van der Waals surface area contributed by atoms with E-state index < -0.39 is 22.0 Å². The minimum Gasteiger partial charge on any atom is -0.481 e. The molecule has 1 fully saturated rings. The van der Waals surface area contributed by atoms with E-state index in [1.165, 1.54) is 18.2 Å². The molecule has 2 rings (SSSR count). The molecule has 1 aromatic carbocycles. The first-order valence-electron chi connectivity index (χ1n) is 5.98. The van der Waals surface area contributed by atoms with Crippen molar-refractivity contribution in [1.82, 2.24) is 4.72 Å². The molecule has 1 aliphatic carbocycles. The van der Waals surface area contributed by atoms with E-state index in [-0.39, 0.29) is 27.3 Å². The predicted molar refractivity (Wildman–Crippen MR) is 75.5 cm³/mol. The van der Waals surface area contributed by atoms with E-state index in [4.69, 9.17) is 28.3 Å². The standard InChI is InChI=1S/C12H13Cl2NO4S/c13-8-3-9(14)5-10(4-8)20(18,19)15-11(6-12(16)17)7-1-2-7/h3-5,7,11,15H,1-2,6H2,(H,16,17). The molecule has 0 spiro atoms. The van der Waals surface area contributed by atoms with Crippen molar-refractivity contribution in [3.8, 4) is 0 Å². The number of benzene rings is 1. The number of carbonyl (C=O) groups is 1. The lowest BCUT2D eigenvalue weighted by Crippen LogP contribution is -2.38. The van der Waals surface area contributed by atoms with Crippen molar-refractivity contribution in [1.29, 1.82) is 0 Å². The van der Waals surface area contributed by atoms with Gasteiger partial charge in [-0.1, -0.05) is 23.2 Å². The van der Waals surface area contributed by atoms with Crippen molar-refractivity contribution in [3.05, 3.63) is 28.2 Å². The Bertz CT molecular complexity index is 608. The van der Waals surface area contributed by atoms with Crippen molar-refractivity contribution in [2.75, 3.05) is 0 Å². The van der Waals surface area contributed by atoms with Crippen LogP contribution in [0.2, 0.25) is 10.0 Å². The monoisotopic (exact) mass is 337 g/mol. The van der Waals surface area contributed by atoms with Gasteiger partial charge in [-0.3, -0.25) is 4.79 Å². The highest BCUT2D eigenvalue weighted by Crippen LogP contribution is 2.35. The molecule has 1 atom stereocenters. The smallest absolute Gasteiger partial charge is 0.304 e. The fourth-order valence-corrected chi connectivity index (χ4v) is 3.97. The molecule has 0 heterocycles. The third-order valence-corrected chi connectivity index (χ3v) is 4.94.